The van der Waals surface area contributed by atoms with Gasteiger partial charge in [0.1, 0.15) is 0 Å². The van der Waals surface area contributed by atoms with Crippen LogP contribution < -0.4 is 5.32 Å². The van der Waals surface area contributed by atoms with E-state index < -0.39 is 6.09 Å². The minimum absolute atomic E-state index is 0. The molecular weight excluding hydrogens is 228 g/mol. The van der Waals surface area contributed by atoms with E-state index in [0.717, 1.165) is 25.8 Å². The van der Waals surface area contributed by atoms with Crippen molar-refractivity contribution in [2.24, 2.45) is 5.92 Å². The Morgan fingerprint density at radius 2 is 2.19 bits per heavy atom. The highest BCUT2D eigenvalue weighted by molar-refractivity contribution is 5.85. The Morgan fingerprint density at radius 3 is 2.62 bits per heavy atom. The summed E-state index contributed by atoms with van der Waals surface area (Å²) in [6, 6.07) is 0.340. The summed E-state index contributed by atoms with van der Waals surface area (Å²) in [4.78, 5) is 12.8. The third-order valence-electron chi connectivity index (χ3n) is 3.51. The summed E-state index contributed by atoms with van der Waals surface area (Å²) in [5.41, 5.74) is -0.0423. The third-order valence-corrected chi connectivity index (χ3v) is 3.51. The molecule has 94 valence electrons. The van der Waals surface area contributed by atoms with Crippen LogP contribution in [-0.2, 0) is 0 Å². The minimum Gasteiger partial charge on any atom is -0.465 e. The highest BCUT2D eigenvalue weighted by Crippen LogP contribution is 2.43. The van der Waals surface area contributed by atoms with Gasteiger partial charge < -0.3 is 10.4 Å². The monoisotopic (exact) mass is 248 g/mol. The third kappa shape index (κ3) is 2.61. The summed E-state index contributed by atoms with van der Waals surface area (Å²) in [5.74, 6) is 0.617. The molecule has 1 amide bonds. The minimum atomic E-state index is -0.747. The summed E-state index contributed by atoms with van der Waals surface area (Å²) in [7, 11) is 0. The fourth-order valence-electron chi connectivity index (χ4n) is 2.51. The fraction of sp³-hybridized carbons (Fsp3) is 0.909. The van der Waals surface area contributed by atoms with Gasteiger partial charge in [-0.25, -0.2) is 4.79 Å². The van der Waals surface area contributed by atoms with Gasteiger partial charge in [-0.1, -0.05) is 13.8 Å². The highest BCUT2D eigenvalue weighted by atomic mass is 35.5. The van der Waals surface area contributed by atoms with E-state index in [2.05, 4.69) is 19.2 Å². The van der Waals surface area contributed by atoms with E-state index in [9.17, 15) is 4.79 Å². The van der Waals surface area contributed by atoms with E-state index in [1.807, 2.05) is 0 Å². The van der Waals surface area contributed by atoms with Crippen molar-refractivity contribution in [2.75, 3.05) is 13.1 Å². The number of halogens is 1. The van der Waals surface area contributed by atoms with Crippen LogP contribution in [0.4, 0.5) is 4.79 Å². The largest absolute Gasteiger partial charge is 0.465 e. The molecule has 1 aliphatic carbocycles. The first kappa shape index (κ1) is 13.6. The summed E-state index contributed by atoms with van der Waals surface area (Å²) in [5, 5.41) is 12.6. The Morgan fingerprint density at radius 1 is 1.56 bits per heavy atom. The Bertz CT molecular complexity index is 267. The summed E-state index contributed by atoms with van der Waals surface area (Å²) >= 11 is 0. The average Bonchev–Trinajstić information content (AvgIpc) is 2.88. The van der Waals surface area contributed by atoms with Crippen molar-refractivity contribution in [1.29, 1.82) is 0 Å². The van der Waals surface area contributed by atoms with Crippen LogP contribution in [0.3, 0.4) is 0 Å². The van der Waals surface area contributed by atoms with Crippen LogP contribution in [0, 0.1) is 5.92 Å². The van der Waals surface area contributed by atoms with Gasteiger partial charge in [-0.05, 0) is 25.2 Å². The molecule has 0 aromatic carbocycles. The van der Waals surface area contributed by atoms with Crippen molar-refractivity contribution < 1.29 is 9.90 Å². The first-order valence-corrected chi connectivity index (χ1v) is 5.77. The van der Waals surface area contributed by atoms with Crippen LogP contribution in [0.5, 0.6) is 0 Å². The van der Waals surface area contributed by atoms with Crippen molar-refractivity contribution in [3.8, 4) is 0 Å². The lowest BCUT2D eigenvalue weighted by Gasteiger charge is -2.39. The van der Waals surface area contributed by atoms with Gasteiger partial charge in [0.2, 0.25) is 0 Å². The van der Waals surface area contributed by atoms with E-state index in [1.54, 1.807) is 4.90 Å². The van der Waals surface area contributed by atoms with Crippen molar-refractivity contribution in [3.63, 3.8) is 0 Å². The standard InChI is InChI=1S/C11H20N2O2.ClH/c1-8(2)5-9-6-13(10(14)15)11(3-4-11)7-12-9;/h8-9,12H,3-7H2,1-2H3,(H,14,15);1H/t9-;/m1./s1. The molecule has 2 fully saturated rings. The highest BCUT2D eigenvalue weighted by Gasteiger charge is 2.53. The second-order valence-corrected chi connectivity index (χ2v) is 5.32. The second-order valence-electron chi connectivity index (χ2n) is 5.32. The maximum atomic E-state index is 11.1. The summed E-state index contributed by atoms with van der Waals surface area (Å²) in [6.45, 7) is 5.85. The van der Waals surface area contributed by atoms with Gasteiger partial charge in [-0.15, -0.1) is 12.4 Å². The predicted octanol–water partition coefficient (Wildman–Crippen LogP) is 1.94. The quantitative estimate of drug-likeness (QED) is 0.785. The maximum Gasteiger partial charge on any atom is 0.407 e. The van der Waals surface area contributed by atoms with E-state index >= 15 is 0 Å². The molecule has 16 heavy (non-hydrogen) atoms. The normalized spacial score (nSPS) is 26.7. The Labute approximate surface area is 103 Å². The zero-order valence-corrected chi connectivity index (χ0v) is 10.7. The molecule has 1 spiro atoms. The smallest absolute Gasteiger partial charge is 0.407 e. The maximum absolute atomic E-state index is 11.1. The molecular formula is C11H21ClN2O2. The zero-order chi connectivity index (χ0) is 11.1. The first-order valence-electron chi connectivity index (χ1n) is 5.77. The Hall–Kier alpha value is -0.480. The molecule has 2 aliphatic rings. The van der Waals surface area contributed by atoms with E-state index in [-0.39, 0.29) is 17.9 Å². The van der Waals surface area contributed by atoms with Crippen molar-refractivity contribution in [2.45, 2.75) is 44.7 Å². The average molecular weight is 249 g/mol. The number of nitrogens with zero attached hydrogens (tertiary/aromatic N) is 1. The molecule has 1 aliphatic heterocycles. The number of piperazine rings is 1. The second kappa shape index (κ2) is 4.80. The van der Waals surface area contributed by atoms with Gasteiger partial charge in [0.25, 0.3) is 0 Å². The fourth-order valence-corrected chi connectivity index (χ4v) is 2.51. The number of nitrogens with one attached hydrogen (secondary N) is 1. The van der Waals surface area contributed by atoms with Crippen LogP contribution in [0.1, 0.15) is 33.1 Å². The van der Waals surface area contributed by atoms with Crippen LogP contribution in [0.15, 0.2) is 0 Å². The Balaban J connectivity index is 0.00000128. The number of rotatable bonds is 2. The van der Waals surface area contributed by atoms with Gasteiger partial charge in [0.15, 0.2) is 0 Å². The molecule has 0 aromatic heterocycles. The molecule has 0 radical (unpaired) electrons. The summed E-state index contributed by atoms with van der Waals surface area (Å²) in [6.07, 6.45) is 2.36. The molecule has 4 nitrogen and oxygen atoms in total. The van der Waals surface area contributed by atoms with Gasteiger partial charge in [-0.3, -0.25) is 4.90 Å². The molecule has 1 saturated carbocycles. The molecule has 2 N–H and O–H groups in total. The first-order chi connectivity index (χ1) is 7.03. The number of amides is 1. The topological polar surface area (TPSA) is 52.6 Å². The molecule has 1 heterocycles. The number of carboxylic acid groups (broad SMARTS) is 1. The zero-order valence-electron chi connectivity index (χ0n) is 9.90. The number of carbonyl (C=O) groups is 1. The molecule has 0 bridgehead atoms. The number of hydrogen-bond acceptors (Lipinski definition) is 2. The molecule has 0 aromatic rings. The SMILES string of the molecule is CC(C)C[C@@H]1CN(C(=O)O)C2(CC2)CN1.Cl. The van der Waals surface area contributed by atoms with Crippen LogP contribution in [0.2, 0.25) is 0 Å². The molecule has 1 atom stereocenters. The van der Waals surface area contributed by atoms with Gasteiger partial charge in [-0.2, -0.15) is 0 Å². The number of hydrogen-bond donors (Lipinski definition) is 2. The molecule has 0 unspecified atom stereocenters. The van der Waals surface area contributed by atoms with Crippen molar-refractivity contribution in [1.82, 2.24) is 10.2 Å². The van der Waals surface area contributed by atoms with Crippen molar-refractivity contribution >= 4 is 18.5 Å². The van der Waals surface area contributed by atoms with Crippen LogP contribution in [-0.4, -0.2) is 40.8 Å². The Kier molecular flexibility index (Phi) is 4.07. The predicted molar refractivity (Wildman–Crippen MR) is 65.2 cm³/mol. The van der Waals surface area contributed by atoms with Crippen LogP contribution in [0.25, 0.3) is 0 Å². The summed E-state index contributed by atoms with van der Waals surface area (Å²) < 4.78 is 0. The van der Waals surface area contributed by atoms with E-state index in [0.29, 0.717) is 18.5 Å². The van der Waals surface area contributed by atoms with E-state index in [4.69, 9.17) is 5.11 Å². The lowest BCUT2D eigenvalue weighted by molar-refractivity contribution is 0.0856. The molecule has 5 heteroatoms. The van der Waals surface area contributed by atoms with Gasteiger partial charge in [0, 0.05) is 19.1 Å². The molecule has 2 rings (SSSR count). The van der Waals surface area contributed by atoms with E-state index in [1.165, 1.54) is 0 Å². The van der Waals surface area contributed by atoms with Gasteiger partial charge >= 0.3 is 6.09 Å². The molecule has 1 saturated heterocycles. The van der Waals surface area contributed by atoms with Crippen molar-refractivity contribution in [3.05, 3.63) is 0 Å². The lowest BCUT2D eigenvalue weighted by atomic mass is 9.99. The lowest BCUT2D eigenvalue weighted by Crippen LogP contribution is -2.59. The van der Waals surface area contributed by atoms with Crippen LogP contribution >= 0.6 is 12.4 Å². The van der Waals surface area contributed by atoms with Gasteiger partial charge in [0.05, 0.1) is 5.54 Å².